The van der Waals surface area contributed by atoms with Crippen LogP contribution in [0.5, 0.6) is 0 Å². The third kappa shape index (κ3) is 5.19. The molecule has 4 rings (SSSR count). The lowest BCUT2D eigenvalue weighted by atomic mass is 9.89. The molecule has 2 aromatic carbocycles. The number of nitrogens with zero attached hydrogens (tertiary/aromatic N) is 3. The van der Waals surface area contributed by atoms with Gasteiger partial charge in [0.1, 0.15) is 11.4 Å². The van der Waals surface area contributed by atoms with Gasteiger partial charge >= 0.3 is 0 Å². The van der Waals surface area contributed by atoms with Crippen LogP contribution in [0.25, 0.3) is 0 Å². The second-order valence-corrected chi connectivity index (χ2v) is 12.2. The molecule has 192 valence electrons. The molecule has 0 saturated carbocycles. The second-order valence-electron chi connectivity index (χ2n) is 9.71. The summed E-state index contributed by atoms with van der Waals surface area (Å²) in [5, 5.41) is 3.50. The number of benzene rings is 2. The molecule has 10 heteroatoms. The Morgan fingerprint density at radius 1 is 1.11 bits per heavy atom. The number of hydrogen-bond donors (Lipinski definition) is 1. The molecule has 0 atom stereocenters. The fraction of sp³-hybridized carbons (Fsp3) is 0.423. The molecule has 0 radical (unpaired) electrons. The molecule has 2 amide bonds. The molecule has 2 aliphatic heterocycles. The smallest absolute Gasteiger partial charge is 0.253 e. The summed E-state index contributed by atoms with van der Waals surface area (Å²) < 4.78 is 27.7. The van der Waals surface area contributed by atoms with Crippen molar-refractivity contribution in [1.29, 1.82) is 0 Å². The van der Waals surface area contributed by atoms with Gasteiger partial charge in [0, 0.05) is 43.3 Å². The number of rotatable bonds is 6. The number of carbonyl (C=O) groups excluding carboxylic acids is 2. The zero-order chi connectivity index (χ0) is 26.3. The highest BCUT2D eigenvalue weighted by molar-refractivity contribution is 7.89. The van der Waals surface area contributed by atoms with Gasteiger partial charge in [-0.05, 0) is 80.1 Å². The number of nitrogens with one attached hydrogen (secondary N) is 1. The molecule has 0 aliphatic carbocycles. The van der Waals surface area contributed by atoms with E-state index in [1.165, 1.54) is 9.21 Å². The predicted molar refractivity (Wildman–Crippen MR) is 141 cm³/mol. The summed E-state index contributed by atoms with van der Waals surface area (Å²) in [6.45, 7) is 4.27. The first-order chi connectivity index (χ1) is 16.9. The van der Waals surface area contributed by atoms with Crippen molar-refractivity contribution >= 4 is 39.3 Å². The van der Waals surface area contributed by atoms with Gasteiger partial charge in [0.05, 0.1) is 5.75 Å². The van der Waals surface area contributed by atoms with Crippen molar-refractivity contribution in [1.82, 2.24) is 14.5 Å². The summed E-state index contributed by atoms with van der Waals surface area (Å²) in [5.41, 5.74) is 3.14. The van der Waals surface area contributed by atoms with E-state index >= 15 is 0 Å². The lowest BCUT2D eigenvalue weighted by Crippen LogP contribution is -2.50. The number of hydrogen-bond acceptors (Lipinski definition) is 5. The van der Waals surface area contributed by atoms with Crippen LogP contribution < -0.4 is 5.32 Å². The minimum atomic E-state index is -3.52. The minimum absolute atomic E-state index is 0.0352. The summed E-state index contributed by atoms with van der Waals surface area (Å²) in [7, 11) is -0.125. The molecule has 1 N–H and O–H groups in total. The van der Waals surface area contributed by atoms with E-state index in [2.05, 4.69) is 5.32 Å². The number of halogens is 1. The zero-order valence-corrected chi connectivity index (χ0v) is 22.5. The molecule has 2 aromatic rings. The fourth-order valence-corrected chi connectivity index (χ4v) is 6.45. The standard InChI is InChI=1S/C26H31ClN4O4S/c1-17-15-20(24(32)30(3)4)6-5-19(17)9-14-36(34,35)31-12-10-26(11-13-31)25(33)28-23(29-26)22-8-7-21(27)16-18(22)2/h5-8,15-16H,9-14H2,1-4H3,(H,28,29,33). The van der Waals surface area contributed by atoms with Crippen molar-refractivity contribution in [3.63, 3.8) is 0 Å². The van der Waals surface area contributed by atoms with Crippen LogP contribution in [0, 0.1) is 13.8 Å². The maximum Gasteiger partial charge on any atom is 0.253 e. The molecule has 8 nitrogen and oxygen atoms in total. The summed E-state index contributed by atoms with van der Waals surface area (Å²) in [4.78, 5) is 31.3. The van der Waals surface area contributed by atoms with Gasteiger partial charge in [0.2, 0.25) is 10.0 Å². The number of sulfonamides is 1. The lowest BCUT2D eigenvalue weighted by Gasteiger charge is -2.34. The Morgan fingerprint density at radius 2 is 1.81 bits per heavy atom. The molecular formula is C26H31ClN4O4S. The summed E-state index contributed by atoms with van der Waals surface area (Å²) in [5.74, 6) is 0.198. The number of aryl methyl sites for hydroxylation is 3. The van der Waals surface area contributed by atoms with Gasteiger partial charge < -0.3 is 10.2 Å². The van der Waals surface area contributed by atoms with Crippen molar-refractivity contribution in [3.05, 3.63) is 69.2 Å². The quantitative estimate of drug-likeness (QED) is 0.620. The molecule has 2 aliphatic rings. The number of carbonyl (C=O) groups is 2. The van der Waals surface area contributed by atoms with Crippen molar-refractivity contribution in [2.24, 2.45) is 4.99 Å². The Morgan fingerprint density at radius 3 is 2.42 bits per heavy atom. The van der Waals surface area contributed by atoms with Gasteiger partial charge in [0.25, 0.3) is 11.8 Å². The van der Waals surface area contributed by atoms with E-state index in [0.717, 1.165) is 22.3 Å². The Labute approximate surface area is 217 Å². The van der Waals surface area contributed by atoms with E-state index < -0.39 is 15.6 Å². The maximum absolute atomic E-state index is 13.1. The summed E-state index contributed by atoms with van der Waals surface area (Å²) in [6.07, 6.45) is 1.01. The van der Waals surface area contributed by atoms with E-state index in [-0.39, 0.29) is 30.7 Å². The first kappa shape index (κ1) is 26.3. The maximum atomic E-state index is 13.1. The number of piperidine rings is 1. The highest BCUT2D eigenvalue weighted by Gasteiger charge is 2.47. The molecule has 1 spiro atoms. The highest BCUT2D eigenvalue weighted by atomic mass is 35.5. The normalized spacial score (nSPS) is 17.7. The lowest BCUT2D eigenvalue weighted by molar-refractivity contribution is -0.124. The van der Waals surface area contributed by atoms with E-state index in [4.69, 9.17) is 16.6 Å². The van der Waals surface area contributed by atoms with Gasteiger partial charge in [-0.3, -0.25) is 14.6 Å². The first-order valence-electron chi connectivity index (χ1n) is 11.9. The molecule has 2 heterocycles. The van der Waals surface area contributed by atoms with Crippen LogP contribution in [0.15, 0.2) is 41.4 Å². The summed E-state index contributed by atoms with van der Waals surface area (Å²) in [6, 6.07) is 10.8. The van der Waals surface area contributed by atoms with Crippen LogP contribution in [-0.4, -0.2) is 73.7 Å². The third-order valence-corrected chi connectivity index (χ3v) is 9.10. The number of amides is 2. The Hall–Kier alpha value is -2.75. The molecule has 36 heavy (non-hydrogen) atoms. The monoisotopic (exact) mass is 530 g/mol. The molecule has 0 aromatic heterocycles. The van der Waals surface area contributed by atoms with Crippen LogP contribution in [-0.2, 0) is 21.2 Å². The molecule has 1 fully saturated rings. The molecule has 0 unspecified atom stereocenters. The van der Waals surface area contributed by atoms with Gasteiger partial charge in [-0.15, -0.1) is 0 Å². The average molecular weight is 531 g/mol. The zero-order valence-electron chi connectivity index (χ0n) is 21.0. The van der Waals surface area contributed by atoms with Crippen molar-refractivity contribution in [2.75, 3.05) is 32.9 Å². The molecule has 1 saturated heterocycles. The highest BCUT2D eigenvalue weighted by Crippen LogP contribution is 2.33. The predicted octanol–water partition coefficient (Wildman–Crippen LogP) is 2.94. The topological polar surface area (TPSA) is 99.2 Å². The number of amidine groups is 1. The van der Waals surface area contributed by atoms with Gasteiger partial charge in [-0.2, -0.15) is 0 Å². The minimum Gasteiger partial charge on any atom is -0.345 e. The summed E-state index contributed by atoms with van der Waals surface area (Å²) >= 11 is 6.05. The Kier molecular flexibility index (Phi) is 7.28. The van der Waals surface area contributed by atoms with Crippen LogP contribution in [0.1, 0.15) is 45.5 Å². The Bertz CT molecular complexity index is 1350. The third-order valence-electron chi connectivity index (χ3n) is 6.99. The molecular weight excluding hydrogens is 500 g/mol. The van der Waals surface area contributed by atoms with Crippen molar-refractivity contribution < 1.29 is 18.0 Å². The van der Waals surface area contributed by atoms with E-state index in [1.54, 1.807) is 32.3 Å². The Balaban J connectivity index is 1.41. The van der Waals surface area contributed by atoms with Crippen molar-refractivity contribution in [2.45, 2.75) is 38.6 Å². The molecule has 0 bridgehead atoms. The van der Waals surface area contributed by atoms with Crippen molar-refractivity contribution in [3.8, 4) is 0 Å². The SMILES string of the molecule is Cc1cc(C(=O)N(C)C)ccc1CCS(=O)(=O)N1CCC2(CC1)N=C(c1ccc(Cl)cc1C)NC2=O. The van der Waals surface area contributed by atoms with E-state index in [9.17, 15) is 18.0 Å². The van der Waals surface area contributed by atoms with Crippen LogP contribution in [0.3, 0.4) is 0 Å². The van der Waals surface area contributed by atoms with Gasteiger partial charge in [-0.1, -0.05) is 17.7 Å². The fourth-order valence-electron chi connectivity index (χ4n) is 4.75. The van der Waals surface area contributed by atoms with E-state index in [1.807, 2.05) is 32.0 Å². The van der Waals surface area contributed by atoms with Crippen LogP contribution in [0.2, 0.25) is 5.02 Å². The second kappa shape index (κ2) is 9.95. The van der Waals surface area contributed by atoms with Gasteiger partial charge in [-0.25, -0.2) is 12.7 Å². The first-order valence-corrected chi connectivity index (χ1v) is 13.9. The van der Waals surface area contributed by atoms with Gasteiger partial charge in [0.15, 0.2) is 0 Å². The van der Waals surface area contributed by atoms with E-state index in [0.29, 0.717) is 35.7 Å². The average Bonchev–Trinajstić information content (AvgIpc) is 3.12. The largest absolute Gasteiger partial charge is 0.345 e. The van der Waals surface area contributed by atoms with Crippen LogP contribution in [0.4, 0.5) is 0 Å². The van der Waals surface area contributed by atoms with Crippen LogP contribution >= 0.6 is 11.6 Å². The number of aliphatic imine (C=N–C) groups is 1.